The number of amides is 1. The van der Waals surface area contributed by atoms with Gasteiger partial charge in [-0.2, -0.15) is 0 Å². The van der Waals surface area contributed by atoms with E-state index in [0.717, 1.165) is 19.3 Å². The summed E-state index contributed by atoms with van der Waals surface area (Å²) in [6, 6.07) is 14.6. The molecule has 2 aromatic carbocycles. The maximum Gasteiger partial charge on any atom is 0.272 e. The van der Waals surface area contributed by atoms with E-state index in [2.05, 4.69) is 17.4 Å². The van der Waals surface area contributed by atoms with Gasteiger partial charge in [-0.05, 0) is 43.9 Å². The monoisotopic (exact) mass is 312 g/mol. The summed E-state index contributed by atoms with van der Waals surface area (Å²) in [7, 11) is 0. The van der Waals surface area contributed by atoms with Crippen molar-refractivity contribution in [2.75, 3.05) is 6.54 Å². The fraction of sp³-hybridized carbons (Fsp3) is 0.278. The summed E-state index contributed by atoms with van der Waals surface area (Å²) in [4.78, 5) is 22.4. The molecule has 23 heavy (non-hydrogen) atoms. The minimum Gasteiger partial charge on any atom is -0.352 e. The molecule has 0 aliphatic heterocycles. The van der Waals surface area contributed by atoms with E-state index in [-0.39, 0.29) is 11.6 Å². The van der Waals surface area contributed by atoms with E-state index in [1.807, 2.05) is 18.2 Å². The van der Waals surface area contributed by atoms with Crippen LogP contribution in [0.15, 0.2) is 48.5 Å². The number of nitrogens with zero attached hydrogens (tertiary/aromatic N) is 1. The van der Waals surface area contributed by atoms with E-state index in [1.165, 1.54) is 17.7 Å². The Hall–Kier alpha value is -2.69. The lowest BCUT2D eigenvalue weighted by Crippen LogP contribution is -2.24. The van der Waals surface area contributed by atoms with E-state index < -0.39 is 4.92 Å². The van der Waals surface area contributed by atoms with E-state index in [4.69, 9.17) is 0 Å². The highest BCUT2D eigenvalue weighted by molar-refractivity contribution is 5.94. The number of carbonyl (C=O) groups excluding carboxylic acids is 1. The minimum atomic E-state index is -0.444. The maximum absolute atomic E-state index is 12.0. The molecule has 0 heterocycles. The number of unbranched alkanes of at least 4 members (excludes halogenated alkanes) is 1. The summed E-state index contributed by atoms with van der Waals surface area (Å²) in [5.41, 5.74) is 2.28. The highest BCUT2D eigenvalue weighted by atomic mass is 16.6. The molecule has 2 aromatic rings. The zero-order valence-corrected chi connectivity index (χ0v) is 13.1. The second kappa shape index (κ2) is 8.08. The first-order valence-corrected chi connectivity index (χ1v) is 7.65. The molecule has 0 spiro atoms. The molecule has 0 saturated carbocycles. The van der Waals surface area contributed by atoms with Crippen LogP contribution in [0.5, 0.6) is 0 Å². The Morgan fingerprint density at radius 1 is 1.13 bits per heavy atom. The van der Waals surface area contributed by atoms with Gasteiger partial charge in [0, 0.05) is 23.7 Å². The van der Waals surface area contributed by atoms with Crippen molar-refractivity contribution in [2.45, 2.75) is 26.2 Å². The van der Waals surface area contributed by atoms with Crippen molar-refractivity contribution in [3.63, 3.8) is 0 Å². The summed E-state index contributed by atoms with van der Waals surface area (Å²) >= 11 is 0. The molecule has 1 amide bonds. The lowest BCUT2D eigenvalue weighted by atomic mass is 10.1. The Morgan fingerprint density at radius 2 is 1.87 bits per heavy atom. The smallest absolute Gasteiger partial charge is 0.272 e. The van der Waals surface area contributed by atoms with Crippen molar-refractivity contribution in [2.24, 2.45) is 0 Å². The van der Waals surface area contributed by atoms with Crippen LogP contribution in [-0.4, -0.2) is 17.4 Å². The third-order valence-corrected chi connectivity index (χ3v) is 3.68. The summed E-state index contributed by atoms with van der Waals surface area (Å²) in [6.07, 6.45) is 2.89. The zero-order valence-electron chi connectivity index (χ0n) is 13.1. The van der Waals surface area contributed by atoms with Crippen LogP contribution in [0.25, 0.3) is 0 Å². The van der Waals surface area contributed by atoms with Gasteiger partial charge >= 0.3 is 0 Å². The quantitative estimate of drug-likeness (QED) is 0.482. The molecule has 0 saturated heterocycles. The molecule has 0 aliphatic carbocycles. The Bertz CT molecular complexity index is 684. The molecule has 1 N–H and O–H groups in total. The lowest BCUT2D eigenvalue weighted by molar-refractivity contribution is -0.385. The average molecular weight is 312 g/mol. The van der Waals surface area contributed by atoms with Crippen LogP contribution >= 0.6 is 0 Å². The van der Waals surface area contributed by atoms with Gasteiger partial charge in [0.25, 0.3) is 11.6 Å². The van der Waals surface area contributed by atoms with Crippen molar-refractivity contribution in [1.29, 1.82) is 0 Å². The predicted octanol–water partition coefficient (Wildman–Crippen LogP) is 3.66. The summed E-state index contributed by atoms with van der Waals surface area (Å²) in [5, 5.41) is 13.6. The number of aryl methyl sites for hydroxylation is 2. The van der Waals surface area contributed by atoms with Gasteiger partial charge in [0.15, 0.2) is 0 Å². The van der Waals surface area contributed by atoms with Gasteiger partial charge in [-0.3, -0.25) is 14.9 Å². The van der Waals surface area contributed by atoms with Gasteiger partial charge in [-0.15, -0.1) is 0 Å². The predicted molar refractivity (Wildman–Crippen MR) is 89.5 cm³/mol. The molecule has 0 aliphatic rings. The summed E-state index contributed by atoms with van der Waals surface area (Å²) < 4.78 is 0. The van der Waals surface area contributed by atoms with Crippen molar-refractivity contribution in [3.05, 3.63) is 75.3 Å². The molecule has 2 rings (SSSR count). The number of hydrogen-bond donors (Lipinski definition) is 1. The fourth-order valence-electron chi connectivity index (χ4n) is 2.40. The highest BCUT2D eigenvalue weighted by Gasteiger charge is 2.13. The van der Waals surface area contributed by atoms with Crippen LogP contribution in [0.1, 0.15) is 34.3 Å². The van der Waals surface area contributed by atoms with Crippen LogP contribution < -0.4 is 5.32 Å². The first-order valence-electron chi connectivity index (χ1n) is 7.65. The van der Waals surface area contributed by atoms with Gasteiger partial charge < -0.3 is 5.32 Å². The normalized spacial score (nSPS) is 10.3. The molecular weight excluding hydrogens is 292 g/mol. The second-order valence-electron chi connectivity index (χ2n) is 5.46. The number of carbonyl (C=O) groups is 1. The summed E-state index contributed by atoms with van der Waals surface area (Å²) in [5.74, 6) is -0.192. The van der Waals surface area contributed by atoms with Crippen LogP contribution in [0.2, 0.25) is 0 Å². The molecule has 0 unspecified atom stereocenters. The number of nitro groups is 1. The Labute approximate surface area is 135 Å². The molecule has 0 bridgehead atoms. The Morgan fingerprint density at radius 3 is 2.52 bits per heavy atom. The van der Waals surface area contributed by atoms with Crippen LogP contribution in [0.3, 0.4) is 0 Å². The molecule has 5 nitrogen and oxygen atoms in total. The van der Waals surface area contributed by atoms with Crippen LogP contribution in [0, 0.1) is 17.0 Å². The fourth-order valence-corrected chi connectivity index (χ4v) is 2.40. The molecule has 0 radical (unpaired) electrons. The molecule has 0 aromatic heterocycles. The Balaban J connectivity index is 1.76. The van der Waals surface area contributed by atoms with Crippen molar-refractivity contribution in [3.8, 4) is 0 Å². The summed E-state index contributed by atoms with van der Waals surface area (Å²) in [6.45, 7) is 2.23. The average Bonchev–Trinajstić information content (AvgIpc) is 2.55. The third kappa shape index (κ3) is 4.92. The van der Waals surface area contributed by atoms with Crippen LogP contribution in [-0.2, 0) is 6.42 Å². The number of benzene rings is 2. The van der Waals surface area contributed by atoms with E-state index in [9.17, 15) is 14.9 Å². The number of nitro benzene ring substituents is 1. The lowest BCUT2D eigenvalue weighted by Gasteiger charge is -2.06. The van der Waals surface area contributed by atoms with Gasteiger partial charge in [0.05, 0.1) is 4.92 Å². The van der Waals surface area contributed by atoms with E-state index in [0.29, 0.717) is 17.7 Å². The molecule has 5 heteroatoms. The maximum atomic E-state index is 12.0. The Kier molecular flexibility index (Phi) is 5.86. The number of rotatable bonds is 7. The van der Waals surface area contributed by atoms with Crippen molar-refractivity contribution in [1.82, 2.24) is 5.32 Å². The van der Waals surface area contributed by atoms with Gasteiger partial charge in [-0.1, -0.05) is 30.3 Å². The zero-order chi connectivity index (χ0) is 16.7. The van der Waals surface area contributed by atoms with Crippen LogP contribution in [0.4, 0.5) is 5.69 Å². The van der Waals surface area contributed by atoms with E-state index in [1.54, 1.807) is 13.0 Å². The number of hydrogen-bond acceptors (Lipinski definition) is 3. The van der Waals surface area contributed by atoms with Gasteiger partial charge in [0.2, 0.25) is 0 Å². The SMILES string of the molecule is Cc1cc(C(=O)NCCCCc2ccccc2)ccc1[N+](=O)[O-]. The standard InChI is InChI=1S/C18H20N2O3/c1-14-13-16(10-11-17(14)20(22)23)18(21)19-12-6-5-9-15-7-3-2-4-8-15/h2-4,7-8,10-11,13H,5-6,9,12H2,1H3,(H,19,21). The second-order valence-corrected chi connectivity index (χ2v) is 5.46. The highest BCUT2D eigenvalue weighted by Crippen LogP contribution is 2.18. The molecule has 120 valence electrons. The molecule has 0 atom stereocenters. The van der Waals surface area contributed by atoms with Crippen molar-refractivity contribution < 1.29 is 9.72 Å². The number of nitrogens with one attached hydrogen (secondary N) is 1. The first kappa shape index (κ1) is 16.7. The van der Waals surface area contributed by atoms with E-state index >= 15 is 0 Å². The van der Waals surface area contributed by atoms with Gasteiger partial charge in [-0.25, -0.2) is 0 Å². The van der Waals surface area contributed by atoms with Crippen molar-refractivity contribution >= 4 is 11.6 Å². The van der Waals surface area contributed by atoms with Gasteiger partial charge in [0.1, 0.15) is 0 Å². The molecular formula is C18H20N2O3. The largest absolute Gasteiger partial charge is 0.352 e. The third-order valence-electron chi connectivity index (χ3n) is 3.68. The minimum absolute atomic E-state index is 0.0319. The first-order chi connectivity index (χ1) is 11.1. The topological polar surface area (TPSA) is 72.2 Å². The molecule has 0 fully saturated rings.